The summed E-state index contributed by atoms with van der Waals surface area (Å²) in [5.74, 6) is 0. The second-order valence-electron chi connectivity index (χ2n) is 3.62. The molecule has 0 unspecified atom stereocenters. The van der Waals surface area contributed by atoms with Gasteiger partial charge in [-0.1, -0.05) is 11.6 Å². The SMILES string of the molecule is Cn1ccc(=O)n(Cc2ccnc(Cl)c2)c1=O. The van der Waals surface area contributed by atoms with E-state index < -0.39 is 0 Å². The highest BCUT2D eigenvalue weighted by atomic mass is 35.5. The van der Waals surface area contributed by atoms with Crippen molar-refractivity contribution in [2.45, 2.75) is 6.54 Å². The molecule has 0 aromatic carbocycles. The molecule has 17 heavy (non-hydrogen) atoms. The van der Waals surface area contributed by atoms with E-state index in [0.29, 0.717) is 5.15 Å². The number of nitrogens with zero attached hydrogens (tertiary/aromatic N) is 3. The Labute approximate surface area is 102 Å². The number of pyridine rings is 1. The quantitative estimate of drug-likeness (QED) is 0.736. The van der Waals surface area contributed by atoms with E-state index in [9.17, 15) is 9.59 Å². The van der Waals surface area contributed by atoms with Crippen LogP contribution in [0.1, 0.15) is 5.56 Å². The van der Waals surface area contributed by atoms with Crippen molar-refractivity contribution in [1.82, 2.24) is 14.1 Å². The first-order valence-electron chi connectivity index (χ1n) is 4.95. The van der Waals surface area contributed by atoms with E-state index in [4.69, 9.17) is 11.6 Å². The predicted octanol–water partition coefficient (Wildman–Crippen LogP) is 0.644. The van der Waals surface area contributed by atoms with Crippen LogP contribution in [0.15, 0.2) is 40.2 Å². The van der Waals surface area contributed by atoms with E-state index >= 15 is 0 Å². The maximum absolute atomic E-state index is 11.8. The Morgan fingerprint density at radius 3 is 2.82 bits per heavy atom. The Balaban J connectivity index is 2.47. The highest BCUT2D eigenvalue weighted by Gasteiger charge is 2.04. The molecule has 0 aliphatic heterocycles. The number of hydrogen-bond acceptors (Lipinski definition) is 3. The summed E-state index contributed by atoms with van der Waals surface area (Å²) in [5.41, 5.74) is 0.0712. The van der Waals surface area contributed by atoms with Crippen LogP contribution in [0.5, 0.6) is 0 Å². The van der Waals surface area contributed by atoms with Gasteiger partial charge in [-0.2, -0.15) is 0 Å². The zero-order valence-electron chi connectivity index (χ0n) is 9.13. The molecule has 2 aromatic heterocycles. The van der Waals surface area contributed by atoms with Crippen LogP contribution < -0.4 is 11.2 Å². The summed E-state index contributed by atoms with van der Waals surface area (Å²) in [6, 6.07) is 4.69. The minimum absolute atomic E-state index is 0.189. The smallest absolute Gasteiger partial charge is 0.303 e. The van der Waals surface area contributed by atoms with Crippen molar-refractivity contribution in [2.24, 2.45) is 7.05 Å². The van der Waals surface area contributed by atoms with Gasteiger partial charge >= 0.3 is 5.69 Å². The van der Waals surface area contributed by atoms with Gasteiger partial charge in [0.2, 0.25) is 0 Å². The third kappa shape index (κ3) is 2.45. The molecule has 0 aliphatic carbocycles. The molecule has 0 aliphatic rings. The van der Waals surface area contributed by atoms with Crippen LogP contribution in [-0.2, 0) is 13.6 Å². The fourth-order valence-corrected chi connectivity index (χ4v) is 1.68. The highest BCUT2D eigenvalue weighted by Crippen LogP contribution is 2.06. The van der Waals surface area contributed by atoms with E-state index in [1.807, 2.05) is 0 Å². The van der Waals surface area contributed by atoms with Crippen LogP contribution in [0.4, 0.5) is 0 Å². The van der Waals surface area contributed by atoms with Gasteiger partial charge in [-0.15, -0.1) is 0 Å². The topological polar surface area (TPSA) is 56.9 Å². The molecule has 0 amide bonds. The first-order chi connectivity index (χ1) is 8.08. The number of hydrogen-bond donors (Lipinski definition) is 0. The summed E-state index contributed by atoms with van der Waals surface area (Å²) < 4.78 is 2.50. The van der Waals surface area contributed by atoms with Crippen LogP contribution in [0.3, 0.4) is 0 Å². The summed E-state index contributed by atoms with van der Waals surface area (Å²) in [5, 5.41) is 0.336. The molecule has 0 saturated heterocycles. The molecular formula is C11H10ClN3O2. The van der Waals surface area contributed by atoms with E-state index in [-0.39, 0.29) is 17.8 Å². The standard InChI is InChI=1S/C11H10ClN3O2/c1-14-5-3-10(16)15(11(14)17)7-8-2-4-13-9(12)6-8/h2-6H,7H2,1H3. The summed E-state index contributed by atoms with van der Waals surface area (Å²) in [7, 11) is 1.60. The van der Waals surface area contributed by atoms with Gasteiger partial charge in [0.05, 0.1) is 6.54 Å². The van der Waals surface area contributed by atoms with Gasteiger partial charge in [0.25, 0.3) is 5.56 Å². The largest absolute Gasteiger partial charge is 0.331 e. The molecule has 0 atom stereocenters. The molecule has 6 heteroatoms. The van der Waals surface area contributed by atoms with E-state index in [2.05, 4.69) is 4.98 Å². The van der Waals surface area contributed by atoms with Crippen molar-refractivity contribution in [1.29, 1.82) is 0 Å². The molecular weight excluding hydrogens is 242 g/mol. The van der Waals surface area contributed by atoms with Gasteiger partial charge in [0.1, 0.15) is 5.15 Å². The van der Waals surface area contributed by atoms with Crippen molar-refractivity contribution in [2.75, 3.05) is 0 Å². The van der Waals surface area contributed by atoms with Crippen LogP contribution >= 0.6 is 11.6 Å². The number of rotatable bonds is 2. The first-order valence-corrected chi connectivity index (χ1v) is 5.32. The number of aromatic nitrogens is 3. The average molecular weight is 252 g/mol. The van der Waals surface area contributed by atoms with Crippen molar-refractivity contribution >= 4 is 11.6 Å². The van der Waals surface area contributed by atoms with Crippen LogP contribution in [0.25, 0.3) is 0 Å². The molecule has 2 rings (SSSR count). The number of aryl methyl sites for hydroxylation is 1. The normalized spacial score (nSPS) is 10.5. The Kier molecular flexibility index (Phi) is 3.10. The lowest BCUT2D eigenvalue weighted by atomic mass is 10.3. The first kappa shape index (κ1) is 11.6. The van der Waals surface area contributed by atoms with Gasteiger partial charge in [-0.05, 0) is 17.7 Å². The molecule has 0 N–H and O–H groups in total. The maximum Gasteiger partial charge on any atom is 0.331 e. The van der Waals surface area contributed by atoms with Crippen LogP contribution in [0.2, 0.25) is 5.15 Å². The number of halogens is 1. The molecule has 2 heterocycles. The monoisotopic (exact) mass is 251 g/mol. The predicted molar refractivity (Wildman–Crippen MR) is 64.3 cm³/mol. The molecule has 0 saturated carbocycles. The van der Waals surface area contributed by atoms with Gasteiger partial charge in [0.15, 0.2) is 0 Å². The Hall–Kier alpha value is -1.88. The average Bonchev–Trinajstić information content (AvgIpc) is 2.30. The van der Waals surface area contributed by atoms with E-state index in [1.165, 1.54) is 23.0 Å². The van der Waals surface area contributed by atoms with Crippen molar-refractivity contribution in [3.8, 4) is 0 Å². The molecule has 2 aromatic rings. The summed E-state index contributed by atoms with van der Waals surface area (Å²) in [4.78, 5) is 27.2. The molecule has 0 radical (unpaired) electrons. The Bertz CT molecular complexity index is 660. The fraction of sp³-hybridized carbons (Fsp3) is 0.182. The third-order valence-corrected chi connectivity index (χ3v) is 2.58. The highest BCUT2D eigenvalue weighted by molar-refractivity contribution is 6.29. The Morgan fingerprint density at radius 1 is 1.35 bits per heavy atom. The van der Waals surface area contributed by atoms with Crippen LogP contribution in [-0.4, -0.2) is 14.1 Å². The zero-order chi connectivity index (χ0) is 12.4. The van der Waals surface area contributed by atoms with Crippen molar-refractivity contribution in [3.63, 3.8) is 0 Å². The lowest BCUT2D eigenvalue weighted by Gasteiger charge is -2.06. The zero-order valence-corrected chi connectivity index (χ0v) is 9.89. The minimum atomic E-state index is -0.356. The van der Waals surface area contributed by atoms with Crippen molar-refractivity contribution < 1.29 is 0 Å². The van der Waals surface area contributed by atoms with Gasteiger partial charge in [-0.25, -0.2) is 9.78 Å². The molecule has 5 nitrogen and oxygen atoms in total. The van der Waals surface area contributed by atoms with Crippen LogP contribution in [0, 0.1) is 0 Å². The van der Waals surface area contributed by atoms with Crippen molar-refractivity contribution in [3.05, 3.63) is 62.1 Å². The Morgan fingerprint density at radius 2 is 2.12 bits per heavy atom. The lowest BCUT2D eigenvalue weighted by molar-refractivity contribution is 0.639. The summed E-state index contributed by atoms with van der Waals surface area (Å²) in [6.07, 6.45) is 2.98. The maximum atomic E-state index is 11.8. The second kappa shape index (κ2) is 4.55. The summed E-state index contributed by atoms with van der Waals surface area (Å²) in [6.45, 7) is 0.189. The molecule has 0 fully saturated rings. The van der Waals surface area contributed by atoms with Gasteiger partial charge in [-0.3, -0.25) is 9.36 Å². The fourth-order valence-electron chi connectivity index (χ4n) is 1.48. The summed E-state index contributed by atoms with van der Waals surface area (Å²) >= 11 is 5.74. The van der Waals surface area contributed by atoms with Gasteiger partial charge in [0, 0.05) is 25.5 Å². The van der Waals surface area contributed by atoms with Gasteiger partial charge < -0.3 is 4.57 Å². The molecule has 0 spiro atoms. The molecule has 88 valence electrons. The molecule has 0 bridgehead atoms. The second-order valence-corrected chi connectivity index (χ2v) is 4.01. The lowest BCUT2D eigenvalue weighted by Crippen LogP contribution is -2.38. The minimum Gasteiger partial charge on any atom is -0.303 e. The van der Waals surface area contributed by atoms with E-state index in [1.54, 1.807) is 19.2 Å². The van der Waals surface area contributed by atoms with E-state index in [0.717, 1.165) is 10.1 Å². The third-order valence-electron chi connectivity index (χ3n) is 2.37.